The summed E-state index contributed by atoms with van der Waals surface area (Å²) in [6, 6.07) is 13.9. The SMILES string of the molecule is O=[N+]([O-])c1ccc(COc2ccccc2CNCCO)cc1. The lowest BCUT2D eigenvalue weighted by Crippen LogP contribution is -2.18. The van der Waals surface area contributed by atoms with Crippen molar-refractivity contribution in [2.75, 3.05) is 13.2 Å². The first kappa shape index (κ1) is 15.9. The molecule has 0 atom stereocenters. The molecule has 2 N–H and O–H groups in total. The number of nitro groups is 1. The number of aliphatic hydroxyl groups is 1. The van der Waals surface area contributed by atoms with Crippen molar-refractivity contribution in [2.45, 2.75) is 13.2 Å². The van der Waals surface area contributed by atoms with Crippen molar-refractivity contribution in [3.8, 4) is 5.75 Å². The molecule has 116 valence electrons. The molecule has 0 unspecified atom stereocenters. The van der Waals surface area contributed by atoms with E-state index in [0.29, 0.717) is 19.7 Å². The summed E-state index contributed by atoms with van der Waals surface area (Å²) in [5, 5.41) is 22.5. The minimum Gasteiger partial charge on any atom is -0.489 e. The summed E-state index contributed by atoms with van der Waals surface area (Å²) < 4.78 is 5.78. The lowest BCUT2D eigenvalue weighted by Gasteiger charge is -2.12. The van der Waals surface area contributed by atoms with Crippen LogP contribution in [0.15, 0.2) is 48.5 Å². The van der Waals surface area contributed by atoms with Gasteiger partial charge in [-0.2, -0.15) is 0 Å². The minimum absolute atomic E-state index is 0.0670. The molecule has 0 saturated heterocycles. The second kappa shape index (κ2) is 8.11. The highest BCUT2D eigenvalue weighted by atomic mass is 16.6. The number of nitrogens with one attached hydrogen (secondary N) is 1. The van der Waals surface area contributed by atoms with Gasteiger partial charge in [-0.3, -0.25) is 10.1 Å². The van der Waals surface area contributed by atoms with E-state index in [-0.39, 0.29) is 12.3 Å². The van der Waals surface area contributed by atoms with Crippen LogP contribution in [0, 0.1) is 10.1 Å². The summed E-state index contributed by atoms with van der Waals surface area (Å²) in [4.78, 5) is 10.2. The number of nitrogens with zero attached hydrogens (tertiary/aromatic N) is 1. The van der Waals surface area contributed by atoms with Crippen LogP contribution in [0.25, 0.3) is 0 Å². The highest BCUT2D eigenvalue weighted by Gasteiger charge is 2.06. The zero-order chi connectivity index (χ0) is 15.8. The number of hydrogen-bond acceptors (Lipinski definition) is 5. The molecule has 0 bridgehead atoms. The van der Waals surface area contributed by atoms with Gasteiger partial charge in [-0.15, -0.1) is 0 Å². The topological polar surface area (TPSA) is 84.6 Å². The van der Waals surface area contributed by atoms with Crippen molar-refractivity contribution < 1.29 is 14.8 Å². The Balaban J connectivity index is 1.97. The summed E-state index contributed by atoms with van der Waals surface area (Å²) in [7, 11) is 0. The molecule has 2 rings (SSSR count). The molecular weight excluding hydrogens is 284 g/mol. The highest BCUT2D eigenvalue weighted by Crippen LogP contribution is 2.20. The Kier molecular flexibility index (Phi) is 5.88. The van der Waals surface area contributed by atoms with Gasteiger partial charge in [-0.05, 0) is 23.8 Å². The summed E-state index contributed by atoms with van der Waals surface area (Å²) in [6.45, 7) is 1.56. The summed E-state index contributed by atoms with van der Waals surface area (Å²) in [5.41, 5.74) is 1.93. The molecule has 0 radical (unpaired) electrons. The number of nitro benzene ring substituents is 1. The minimum atomic E-state index is -0.424. The monoisotopic (exact) mass is 302 g/mol. The first-order valence-corrected chi connectivity index (χ1v) is 6.96. The Bertz CT molecular complexity index is 614. The standard InChI is InChI=1S/C16H18N2O4/c19-10-9-17-11-14-3-1-2-4-16(14)22-12-13-5-7-15(8-6-13)18(20)21/h1-8,17,19H,9-12H2. The molecule has 0 fully saturated rings. The van der Waals surface area contributed by atoms with Gasteiger partial charge in [-0.1, -0.05) is 18.2 Å². The van der Waals surface area contributed by atoms with E-state index in [1.54, 1.807) is 12.1 Å². The normalized spacial score (nSPS) is 10.4. The molecule has 6 heteroatoms. The molecule has 2 aromatic carbocycles. The van der Waals surface area contributed by atoms with Crippen LogP contribution >= 0.6 is 0 Å². The number of benzene rings is 2. The molecule has 0 amide bonds. The third-order valence-corrected chi connectivity index (χ3v) is 3.12. The maximum Gasteiger partial charge on any atom is 0.269 e. The van der Waals surface area contributed by atoms with Crippen LogP contribution in [-0.4, -0.2) is 23.2 Å². The molecule has 2 aromatic rings. The summed E-state index contributed by atoms with van der Waals surface area (Å²) >= 11 is 0. The molecule has 0 heterocycles. The van der Waals surface area contributed by atoms with E-state index in [1.165, 1.54) is 12.1 Å². The quantitative estimate of drug-likeness (QED) is 0.444. The second-order valence-electron chi connectivity index (χ2n) is 4.72. The van der Waals surface area contributed by atoms with Crippen LogP contribution in [0.4, 0.5) is 5.69 Å². The summed E-state index contributed by atoms with van der Waals surface area (Å²) in [6.07, 6.45) is 0. The Morgan fingerprint density at radius 1 is 1.14 bits per heavy atom. The van der Waals surface area contributed by atoms with E-state index >= 15 is 0 Å². The fourth-order valence-corrected chi connectivity index (χ4v) is 1.97. The zero-order valence-electron chi connectivity index (χ0n) is 12.1. The van der Waals surface area contributed by atoms with Crippen molar-refractivity contribution in [2.24, 2.45) is 0 Å². The van der Waals surface area contributed by atoms with Gasteiger partial charge in [0, 0.05) is 30.8 Å². The van der Waals surface area contributed by atoms with Gasteiger partial charge in [-0.25, -0.2) is 0 Å². The summed E-state index contributed by atoms with van der Waals surface area (Å²) in [5.74, 6) is 0.756. The third-order valence-electron chi connectivity index (χ3n) is 3.12. The van der Waals surface area contributed by atoms with Gasteiger partial charge < -0.3 is 15.2 Å². The number of aliphatic hydroxyl groups excluding tert-OH is 1. The smallest absolute Gasteiger partial charge is 0.269 e. The van der Waals surface area contributed by atoms with E-state index in [2.05, 4.69) is 5.32 Å². The lowest BCUT2D eigenvalue weighted by atomic mass is 10.2. The number of para-hydroxylation sites is 1. The van der Waals surface area contributed by atoms with Gasteiger partial charge in [0.1, 0.15) is 12.4 Å². The Morgan fingerprint density at radius 2 is 1.86 bits per heavy atom. The Labute approximate surface area is 128 Å². The maximum absolute atomic E-state index is 10.6. The second-order valence-corrected chi connectivity index (χ2v) is 4.72. The van der Waals surface area contributed by atoms with Crippen molar-refractivity contribution >= 4 is 5.69 Å². The number of ether oxygens (including phenoxy) is 1. The molecule has 0 aliphatic heterocycles. The van der Waals surface area contributed by atoms with E-state index in [9.17, 15) is 10.1 Å². The lowest BCUT2D eigenvalue weighted by molar-refractivity contribution is -0.384. The van der Waals surface area contributed by atoms with Crippen LogP contribution < -0.4 is 10.1 Å². The average Bonchev–Trinajstić information content (AvgIpc) is 2.54. The molecule has 0 aliphatic rings. The maximum atomic E-state index is 10.6. The Morgan fingerprint density at radius 3 is 2.55 bits per heavy atom. The van der Waals surface area contributed by atoms with Gasteiger partial charge in [0.2, 0.25) is 0 Å². The predicted molar refractivity (Wildman–Crippen MR) is 82.7 cm³/mol. The highest BCUT2D eigenvalue weighted by molar-refractivity contribution is 5.35. The third kappa shape index (κ3) is 4.54. The molecule has 0 spiro atoms. The fourth-order valence-electron chi connectivity index (χ4n) is 1.97. The number of rotatable bonds is 8. The predicted octanol–water partition coefficient (Wildman–Crippen LogP) is 2.26. The van der Waals surface area contributed by atoms with Gasteiger partial charge in [0.25, 0.3) is 5.69 Å². The van der Waals surface area contributed by atoms with E-state index in [1.807, 2.05) is 24.3 Å². The van der Waals surface area contributed by atoms with E-state index in [0.717, 1.165) is 16.9 Å². The van der Waals surface area contributed by atoms with Crippen LogP contribution in [0.5, 0.6) is 5.75 Å². The Hall–Kier alpha value is -2.44. The number of non-ortho nitro benzene ring substituents is 1. The van der Waals surface area contributed by atoms with Crippen molar-refractivity contribution in [3.63, 3.8) is 0 Å². The van der Waals surface area contributed by atoms with Crippen molar-refractivity contribution in [3.05, 3.63) is 69.8 Å². The molecular formula is C16H18N2O4. The van der Waals surface area contributed by atoms with Crippen LogP contribution in [0.1, 0.15) is 11.1 Å². The van der Waals surface area contributed by atoms with Gasteiger partial charge in [0.05, 0.1) is 11.5 Å². The van der Waals surface area contributed by atoms with Gasteiger partial charge in [0.15, 0.2) is 0 Å². The van der Waals surface area contributed by atoms with E-state index < -0.39 is 4.92 Å². The largest absolute Gasteiger partial charge is 0.489 e. The number of hydrogen-bond donors (Lipinski definition) is 2. The molecule has 0 saturated carbocycles. The molecule has 22 heavy (non-hydrogen) atoms. The average molecular weight is 302 g/mol. The molecule has 6 nitrogen and oxygen atoms in total. The molecule has 0 aliphatic carbocycles. The zero-order valence-corrected chi connectivity index (χ0v) is 12.1. The van der Waals surface area contributed by atoms with Crippen molar-refractivity contribution in [1.82, 2.24) is 5.32 Å². The van der Waals surface area contributed by atoms with Gasteiger partial charge >= 0.3 is 0 Å². The van der Waals surface area contributed by atoms with Crippen LogP contribution in [0.3, 0.4) is 0 Å². The fraction of sp³-hybridized carbons (Fsp3) is 0.250. The molecule has 0 aromatic heterocycles. The van der Waals surface area contributed by atoms with Crippen LogP contribution in [0.2, 0.25) is 0 Å². The first-order chi connectivity index (χ1) is 10.7. The van der Waals surface area contributed by atoms with E-state index in [4.69, 9.17) is 9.84 Å². The van der Waals surface area contributed by atoms with Crippen molar-refractivity contribution in [1.29, 1.82) is 0 Å². The van der Waals surface area contributed by atoms with Crippen LogP contribution in [-0.2, 0) is 13.2 Å². The first-order valence-electron chi connectivity index (χ1n) is 6.96.